The average molecular weight is 281 g/mol. The van der Waals surface area contributed by atoms with E-state index in [1.165, 1.54) is 13.1 Å². The minimum atomic E-state index is -1.37. The van der Waals surface area contributed by atoms with Gasteiger partial charge in [0.1, 0.15) is 6.61 Å². The Labute approximate surface area is 113 Å². The van der Waals surface area contributed by atoms with Gasteiger partial charge in [0, 0.05) is 13.1 Å². The Kier molecular flexibility index (Phi) is 4.73. The van der Waals surface area contributed by atoms with Gasteiger partial charge in [0.2, 0.25) is 5.82 Å². The number of anilines is 1. The number of hydrogen-bond acceptors (Lipinski definition) is 6. The highest BCUT2D eigenvalue weighted by Crippen LogP contribution is 2.25. The Bertz CT molecular complexity index is 571. The van der Waals surface area contributed by atoms with E-state index in [1.54, 1.807) is 0 Å². The Morgan fingerprint density at radius 3 is 2.75 bits per heavy atom. The summed E-state index contributed by atoms with van der Waals surface area (Å²) in [7, 11) is 1.19. The van der Waals surface area contributed by atoms with E-state index in [1.807, 2.05) is 0 Å². The maximum Gasteiger partial charge on any atom is 0.415 e. The Morgan fingerprint density at radius 1 is 1.60 bits per heavy atom. The van der Waals surface area contributed by atoms with Crippen molar-refractivity contribution in [3.63, 3.8) is 0 Å². The lowest BCUT2D eigenvalue weighted by atomic mass is 10.3. The number of carboxylic acids is 1. The molecular weight excluding hydrogens is 270 g/mol. The van der Waals surface area contributed by atoms with Crippen LogP contribution in [-0.4, -0.2) is 40.7 Å². The van der Waals surface area contributed by atoms with E-state index >= 15 is 0 Å². The maximum absolute atomic E-state index is 11.6. The standard InChI is InChI=1S/C11H11N3O6/c1-3-6-20-11(17)13(2)9-8(14(18)19)5-4-7(12-9)10(15)16/h3-5H,1,6H2,2H3,(H,15,16). The zero-order valence-electron chi connectivity index (χ0n) is 10.5. The van der Waals surface area contributed by atoms with Crippen LogP contribution in [0.4, 0.5) is 16.3 Å². The molecule has 0 saturated carbocycles. The maximum atomic E-state index is 11.6. The van der Waals surface area contributed by atoms with Crippen molar-refractivity contribution in [2.24, 2.45) is 0 Å². The molecule has 0 spiro atoms. The van der Waals surface area contributed by atoms with Gasteiger partial charge < -0.3 is 9.84 Å². The molecular formula is C11H11N3O6. The lowest BCUT2D eigenvalue weighted by Crippen LogP contribution is -2.29. The van der Waals surface area contributed by atoms with E-state index in [2.05, 4.69) is 11.6 Å². The lowest BCUT2D eigenvalue weighted by Gasteiger charge is -2.15. The molecule has 0 fully saturated rings. The van der Waals surface area contributed by atoms with Crippen LogP contribution in [-0.2, 0) is 4.74 Å². The normalized spacial score (nSPS) is 9.65. The van der Waals surface area contributed by atoms with Crippen LogP contribution in [0.25, 0.3) is 0 Å². The van der Waals surface area contributed by atoms with Crippen LogP contribution < -0.4 is 4.90 Å². The topological polar surface area (TPSA) is 123 Å². The molecule has 1 aromatic rings. The Hall–Kier alpha value is -2.97. The highest BCUT2D eigenvalue weighted by molar-refractivity contribution is 5.91. The van der Waals surface area contributed by atoms with E-state index in [9.17, 15) is 19.7 Å². The summed E-state index contributed by atoms with van der Waals surface area (Å²) < 4.78 is 4.70. The third-order valence-corrected chi connectivity index (χ3v) is 2.19. The molecule has 9 nitrogen and oxygen atoms in total. The Morgan fingerprint density at radius 2 is 2.25 bits per heavy atom. The quantitative estimate of drug-likeness (QED) is 0.492. The minimum Gasteiger partial charge on any atom is -0.477 e. The van der Waals surface area contributed by atoms with E-state index in [-0.39, 0.29) is 6.61 Å². The first-order valence-electron chi connectivity index (χ1n) is 5.28. The molecule has 0 atom stereocenters. The molecule has 0 radical (unpaired) electrons. The van der Waals surface area contributed by atoms with E-state index < -0.39 is 34.2 Å². The number of rotatable bonds is 5. The second-order valence-corrected chi connectivity index (χ2v) is 3.53. The second-order valence-electron chi connectivity index (χ2n) is 3.53. The first kappa shape index (κ1) is 15.1. The third-order valence-electron chi connectivity index (χ3n) is 2.19. The van der Waals surface area contributed by atoms with Gasteiger partial charge >= 0.3 is 17.7 Å². The molecule has 0 saturated heterocycles. The van der Waals surface area contributed by atoms with Crippen LogP contribution in [0.2, 0.25) is 0 Å². The van der Waals surface area contributed by atoms with Gasteiger partial charge in [0.15, 0.2) is 5.69 Å². The van der Waals surface area contributed by atoms with Gasteiger partial charge in [0.25, 0.3) is 0 Å². The minimum absolute atomic E-state index is 0.0877. The molecule has 1 rings (SSSR count). The summed E-state index contributed by atoms with van der Waals surface area (Å²) in [5.74, 6) is -1.78. The summed E-state index contributed by atoms with van der Waals surface area (Å²) in [4.78, 5) is 36.9. The monoisotopic (exact) mass is 281 g/mol. The third kappa shape index (κ3) is 3.28. The molecule has 1 heterocycles. The molecule has 0 aliphatic rings. The number of ether oxygens (including phenoxy) is 1. The molecule has 0 aromatic carbocycles. The zero-order chi connectivity index (χ0) is 15.3. The van der Waals surface area contributed by atoms with Gasteiger partial charge in [0.05, 0.1) is 4.92 Å². The van der Waals surface area contributed by atoms with E-state index in [4.69, 9.17) is 9.84 Å². The van der Waals surface area contributed by atoms with Crippen LogP contribution >= 0.6 is 0 Å². The van der Waals surface area contributed by atoms with Gasteiger partial charge in [-0.25, -0.2) is 14.6 Å². The van der Waals surface area contributed by atoms with Crippen LogP contribution in [0.15, 0.2) is 24.8 Å². The fraction of sp³-hybridized carbons (Fsp3) is 0.182. The second kappa shape index (κ2) is 6.27. The predicted octanol–water partition coefficient (Wildman–Crippen LogP) is 1.45. The van der Waals surface area contributed by atoms with E-state index in [0.717, 1.165) is 17.0 Å². The van der Waals surface area contributed by atoms with E-state index in [0.29, 0.717) is 0 Å². The zero-order valence-corrected chi connectivity index (χ0v) is 10.5. The van der Waals surface area contributed by atoms with Gasteiger partial charge in [-0.05, 0) is 6.07 Å². The van der Waals surface area contributed by atoms with Crippen molar-refractivity contribution >= 4 is 23.6 Å². The fourth-order valence-electron chi connectivity index (χ4n) is 1.26. The lowest BCUT2D eigenvalue weighted by molar-refractivity contribution is -0.384. The number of aromatic nitrogens is 1. The van der Waals surface area contributed by atoms with Crippen molar-refractivity contribution in [2.75, 3.05) is 18.6 Å². The Balaban J connectivity index is 3.21. The summed E-state index contributed by atoms with van der Waals surface area (Å²) in [5, 5.41) is 19.7. The summed E-state index contributed by atoms with van der Waals surface area (Å²) >= 11 is 0. The van der Waals surface area contributed by atoms with Crippen molar-refractivity contribution in [1.82, 2.24) is 4.98 Å². The van der Waals surface area contributed by atoms with Crippen molar-refractivity contribution in [3.05, 3.63) is 40.6 Å². The summed E-state index contributed by atoms with van der Waals surface area (Å²) in [6.07, 6.45) is 0.407. The van der Waals surface area contributed by atoms with Gasteiger partial charge in [-0.2, -0.15) is 0 Å². The fourth-order valence-corrected chi connectivity index (χ4v) is 1.26. The smallest absolute Gasteiger partial charge is 0.415 e. The van der Waals surface area contributed by atoms with Crippen molar-refractivity contribution < 1.29 is 24.4 Å². The number of pyridine rings is 1. The molecule has 1 N–H and O–H groups in total. The van der Waals surface area contributed by atoms with Crippen LogP contribution in [0.5, 0.6) is 0 Å². The van der Waals surface area contributed by atoms with Crippen LogP contribution in [0.3, 0.4) is 0 Å². The van der Waals surface area contributed by atoms with Gasteiger partial charge in [-0.1, -0.05) is 12.7 Å². The highest BCUT2D eigenvalue weighted by atomic mass is 16.6. The predicted molar refractivity (Wildman–Crippen MR) is 67.8 cm³/mol. The summed E-state index contributed by atoms with van der Waals surface area (Å²) in [6.45, 7) is 3.26. The summed E-state index contributed by atoms with van der Waals surface area (Å²) in [5.41, 5.74) is -0.929. The van der Waals surface area contributed by atoms with Crippen molar-refractivity contribution in [2.45, 2.75) is 0 Å². The molecule has 0 unspecified atom stereocenters. The molecule has 0 aliphatic heterocycles. The number of amides is 1. The molecule has 0 aliphatic carbocycles. The molecule has 20 heavy (non-hydrogen) atoms. The molecule has 1 amide bonds. The van der Waals surface area contributed by atoms with Crippen LogP contribution in [0.1, 0.15) is 10.5 Å². The number of carboxylic acid groups (broad SMARTS) is 1. The average Bonchev–Trinajstić information content (AvgIpc) is 2.42. The number of aromatic carboxylic acids is 1. The van der Waals surface area contributed by atoms with Crippen molar-refractivity contribution in [3.8, 4) is 0 Å². The van der Waals surface area contributed by atoms with Gasteiger partial charge in [-0.3, -0.25) is 15.0 Å². The molecule has 0 bridgehead atoms. The first-order chi connectivity index (χ1) is 9.38. The highest BCUT2D eigenvalue weighted by Gasteiger charge is 2.25. The molecule has 9 heteroatoms. The number of carbonyl (C=O) groups is 2. The van der Waals surface area contributed by atoms with Crippen molar-refractivity contribution in [1.29, 1.82) is 0 Å². The number of hydrogen-bond donors (Lipinski definition) is 1. The number of nitro groups is 1. The van der Waals surface area contributed by atoms with Gasteiger partial charge in [-0.15, -0.1) is 0 Å². The molecule has 106 valence electrons. The largest absolute Gasteiger partial charge is 0.477 e. The SMILES string of the molecule is C=CCOC(=O)N(C)c1nc(C(=O)O)ccc1[N+](=O)[O-]. The number of nitrogens with zero attached hydrogens (tertiary/aromatic N) is 3. The molecule has 1 aromatic heterocycles. The summed E-state index contributed by atoms with van der Waals surface area (Å²) in [6, 6.07) is 1.94. The first-order valence-corrected chi connectivity index (χ1v) is 5.28. The number of carbonyl (C=O) groups excluding carboxylic acids is 1. The van der Waals surface area contributed by atoms with Crippen LogP contribution in [0, 0.1) is 10.1 Å².